The summed E-state index contributed by atoms with van der Waals surface area (Å²) < 4.78 is 13.3. The Morgan fingerprint density at radius 2 is 1.93 bits per heavy atom. The third-order valence-corrected chi connectivity index (χ3v) is 2.94. The molecule has 1 aromatic rings. The van der Waals surface area contributed by atoms with Gasteiger partial charge in [0.1, 0.15) is 5.82 Å². The van der Waals surface area contributed by atoms with Crippen molar-refractivity contribution in [3.05, 3.63) is 30.1 Å². The third kappa shape index (κ3) is 2.48. The molecule has 2 rings (SSSR count). The van der Waals surface area contributed by atoms with Crippen molar-refractivity contribution in [2.24, 2.45) is 0 Å². The highest BCUT2D eigenvalue weighted by Gasteiger charge is 2.23. The molecule has 0 spiro atoms. The van der Waals surface area contributed by atoms with Crippen LogP contribution in [0, 0.1) is 5.82 Å². The number of benzene rings is 1. The standard InChI is InChI=1S/C12H16FNO/c13-9-5-1-2-6-10(9)14-11-7-3-4-8-12(11)15/h1-2,5-6,11-12,14-15H,3-4,7-8H2/t11-,12-/m0/s1. The highest BCUT2D eigenvalue weighted by molar-refractivity contribution is 5.45. The number of hydrogen-bond acceptors (Lipinski definition) is 2. The molecule has 1 saturated carbocycles. The summed E-state index contributed by atoms with van der Waals surface area (Å²) in [6.07, 6.45) is 3.54. The number of aliphatic hydroxyl groups is 1. The minimum Gasteiger partial charge on any atom is -0.391 e. The average Bonchev–Trinajstić information content (AvgIpc) is 2.24. The van der Waals surface area contributed by atoms with E-state index in [1.165, 1.54) is 6.07 Å². The van der Waals surface area contributed by atoms with Crippen LogP contribution in [0.4, 0.5) is 10.1 Å². The summed E-state index contributed by atoms with van der Waals surface area (Å²) >= 11 is 0. The second-order valence-electron chi connectivity index (χ2n) is 4.08. The number of nitrogens with one attached hydrogen (secondary N) is 1. The number of aliphatic hydroxyl groups excluding tert-OH is 1. The molecule has 82 valence electrons. The van der Waals surface area contributed by atoms with Gasteiger partial charge in [-0.1, -0.05) is 25.0 Å². The van der Waals surface area contributed by atoms with Crippen molar-refractivity contribution in [2.45, 2.75) is 37.8 Å². The average molecular weight is 209 g/mol. The SMILES string of the molecule is O[C@H]1CCCC[C@@H]1Nc1ccccc1F. The van der Waals surface area contributed by atoms with Crippen LogP contribution >= 0.6 is 0 Å². The van der Waals surface area contributed by atoms with Crippen LogP contribution in [0.3, 0.4) is 0 Å². The van der Waals surface area contributed by atoms with Crippen molar-refractivity contribution in [3.63, 3.8) is 0 Å². The second-order valence-corrected chi connectivity index (χ2v) is 4.08. The third-order valence-electron chi connectivity index (χ3n) is 2.94. The van der Waals surface area contributed by atoms with Gasteiger partial charge in [0.25, 0.3) is 0 Å². The van der Waals surface area contributed by atoms with Gasteiger partial charge in [-0.15, -0.1) is 0 Å². The van der Waals surface area contributed by atoms with Gasteiger partial charge < -0.3 is 10.4 Å². The number of para-hydroxylation sites is 1. The summed E-state index contributed by atoms with van der Waals surface area (Å²) in [4.78, 5) is 0. The molecule has 1 aliphatic rings. The fourth-order valence-electron chi connectivity index (χ4n) is 2.06. The van der Waals surface area contributed by atoms with E-state index in [4.69, 9.17) is 0 Å². The zero-order valence-corrected chi connectivity index (χ0v) is 8.62. The molecule has 2 N–H and O–H groups in total. The van der Waals surface area contributed by atoms with E-state index in [0.29, 0.717) is 5.69 Å². The molecule has 1 fully saturated rings. The van der Waals surface area contributed by atoms with Crippen molar-refractivity contribution >= 4 is 5.69 Å². The lowest BCUT2D eigenvalue weighted by Crippen LogP contribution is -2.36. The van der Waals surface area contributed by atoms with Gasteiger partial charge in [0.15, 0.2) is 0 Å². The van der Waals surface area contributed by atoms with Gasteiger partial charge in [-0.3, -0.25) is 0 Å². The smallest absolute Gasteiger partial charge is 0.146 e. The van der Waals surface area contributed by atoms with Crippen molar-refractivity contribution in [1.82, 2.24) is 0 Å². The van der Waals surface area contributed by atoms with Crippen LogP contribution in [0.2, 0.25) is 0 Å². The van der Waals surface area contributed by atoms with Crippen molar-refractivity contribution in [1.29, 1.82) is 0 Å². The Morgan fingerprint density at radius 3 is 2.67 bits per heavy atom. The van der Waals surface area contributed by atoms with Crippen LogP contribution in [0.25, 0.3) is 0 Å². The molecular weight excluding hydrogens is 193 g/mol. The van der Waals surface area contributed by atoms with E-state index in [9.17, 15) is 9.50 Å². The second kappa shape index (κ2) is 4.62. The Hall–Kier alpha value is -1.09. The summed E-state index contributed by atoms with van der Waals surface area (Å²) in [7, 11) is 0. The Morgan fingerprint density at radius 1 is 1.20 bits per heavy atom. The highest BCUT2D eigenvalue weighted by atomic mass is 19.1. The maximum absolute atomic E-state index is 13.3. The number of hydrogen-bond donors (Lipinski definition) is 2. The van der Waals surface area contributed by atoms with E-state index in [1.54, 1.807) is 18.2 Å². The van der Waals surface area contributed by atoms with Gasteiger partial charge in [-0.2, -0.15) is 0 Å². The fraction of sp³-hybridized carbons (Fsp3) is 0.500. The van der Waals surface area contributed by atoms with Gasteiger partial charge in [-0.05, 0) is 25.0 Å². The summed E-state index contributed by atoms with van der Waals surface area (Å²) in [6, 6.07) is 6.59. The van der Waals surface area contributed by atoms with Crippen molar-refractivity contribution in [2.75, 3.05) is 5.32 Å². The van der Waals surface area contributed by atoms with Crippen LogP contribution in [0.15, 0.2) is 24.3 Å². The van der Waals surface area contributed by atoms with E-state index >= 15 is 0 Å². The minimum atomic E-state index is -0.349. The largest absolute Gasteiger partial charge is 0.391 e. The molecule has 0 saturated heterocycles. The Bertz CT molecular complexity index is 329. The zero-order chi connectivity index (χ0) is 10.7. The topological polar surface area (TPSA) is 32.3 Å². The lowest BCUT2D eigenvalue weighted by molar-refractivity contribution is 0.116. The maximum Gasteiger partial charge on any atom is 0.146 e. The Balaban J connectivity index is 2.04. The monoisotopic (exact) mass is 209 g/mol. The van der Waals surface area contributed by atoms with E-state index in [-0.39, 0.29) is 18.0 Å². The number of halogens is 1. The van der Waals surface area contributed by atoms with Crippen LogP contribution in [-0.2, 0) is 0 Å². The molecule has 0 aliphatic heterocycles. The highest BCUT2D eigenvalue weighted by Crippen LogP contribution is 2.23. The molecule has 1 aromatic carbocycles. The Kier molecular flexibility index (Phi) is 3.21. The lowest BCUT2D eigenvalue weighted by atomic mass is 9.92. The maximum atomic E-state index is 13.3. The fourth-order valence-corrected chi connectivity index (χ4v) is 2.06. The van der Waals surface area contributed by atoms with Gasteiger partial charge in [0, 0.05) is 0 Å². The van der Waals surface area contributed by atoms with Crippen LogP contribution < -0.4 is 5.32 Å². The summed E-state index contributed by atoms with van der Waals surface area (Å²) in [5.41, 5.74) is 0.489. The molecule has 3 heteroatoms. The number of rotatable bonds is 2. The predicted molar refractivity (Wildman–Crippen MR) is 58.3 cm³/mol. The first-order valence-electron chi connectivity index (χ1n) is 5.46. The molecule has 1 aliphatic carbocycles. The zero-order valence-electron chi connectivity index (χ0n) is 8.62. The van der Waals surface area contributed by atoms with Gasteiger partial charge in [0.05, 0.1) is 17.8 Å². The first kappa shape index (κ1) is 10.4. The first-order valence-corrected chi connectivity index (χ1v) is 5.46. The minimum absolute atomic E-state index is 0.00403. The normalized spacial score (nSPS) is 26.3. The molecule has 2 atom stereocenters. The molecule has 0 unspecified atom stereocenters. The quantitative estimate of drug-likeness (QED) is 0.784. The molecule has 0 radical (unpaired) electrons. The predicted octanol–water partition coefficient (Wildman–Crippen LogP) is 2.54. The molecule has 0 bridgehead atoms. The molecule has 15 heavy (non-hydrogen) atoms. The van der Waals surface area contributed by atoms with Crippen molar-refractivity contribution < 1.29 is 9.50 Å². The van der Waals surface area contributed by atoms with Crippen LogP contribution in [0.1, 0.15) is 25.7 Å². The lowest BCUT2D eigenvalue weighted by Gasteiger charge is -2.29. The Labute approximate surface area is 89.1 Å². The summed E-state index contributed by atoms with van der Waals surface area (Å²) in [5.74, 6) is -0.254. The molecule has 0 aromatic heterocycles. The van der Waals surface area contributed by atoms with Gasteiger partial charge in [0.2, 0.25) is 0 Å². The van der Waals surface area contributed by atoms with Crippen LogP contribution in [-0.4, -0.2) is 17.3 Å². The van der Waals surface area contributed by atoms with E-state index in [0.717, 1.165) is 25.7 Å². The molecular formula is C12H16FNO. The van der Waals surface area contributed by atoms with E-state index < -0.39 is 0 Å². The molecule has 0 heterocycles. The molecule has 2 nitrogen and oxygen atoms in total. The first-order chi connectivity index (χ1) is 7.27. The van der Waals surface area contributed by atoms with Gasteiger partial charge in [-0.25, -0.2) is 4.39 Å². The summed E-state index contributed by atoms with van der Waals surface area (Å²) in [6.45, 7) is 0. The van der Waals surface area contributed by atoms with Crippen LogP contribution in [0.5, 0.6) is 0 Å². The number of anilines is 1. The van der Waals surface area contributed by atoms with Gasteiger partial charge >= 0.3 is 0 Å². The molecule has 0 amide bonds. The van der Waals surface area contributed by atoms with Crippen molar-refractivity contribution in [3.8, 4) is 0 Å². The van der Waals surface area contributed by atoms with E-state index in [1.807, 2.05) is 0 Å². The van der Waals surface area contributed by atoms with E-state index in [2.05, 4.69) is 5.32 Å². The summed E-state index contributed by atoms with van der Waals surface area (Å²) in [5, 5.41) is 12.8.